The minimum absolute atomic E-state index is 0.00617. The average molecular weight is 427 g/mol. The van der Waals surface area contributed by atoms with Crippen molar-refractivity contribution < 1.29 is 28.7 Å². The number of aldehydes is 2. The molecule has 1 aliphatic rings. The second-order valence-electron chi connectivity index (χ2n) is 7.33. The zero-order chi connectivity index (χ0) is 22.6. The number of benzene rings is 2. The van der Waals surface area contributed by atoms with Crippen LogP contribution in [0.1, 0.15) is 44.7 Å². The van der Waals surface area contributed by atoms with Gasteiger partial charge in [-0.1, -0.05) is 24.3 Å². The smallest absolute Gasteiger partial charge is 0.274 e. The van der Waals surface area contributed by atoms with Crippen LogP contribution >= 0.6 is 0 Å². The molecule has 1 aliphatic heterocycles. The van der Waals surface area contributed by atoms with Crippen LogP contribution in [-0.2, 0) is 22.7 Å². The summed E-state index contributed by atoms with van der Waals surface area (Å²) in [7, 11) is 1.51. The van der Waals surface area contributed by atoms with Gasteiger partial charge in [0.1, 0.15) is 12.1 Å². The number of nitrogens with one attached hydrogen (secondary N) is 2. The molecule has 1 unspecified atom stereocenters. The summed E-state index contributed by atoms with van der Waals surface area (Å²) in [6.07, 6.45) is 0.993. The first-order chi connectivity index (χ1) is 14.8. The summed E-state index contributed by atoms with van der Waals surface area (Å²) in [6.45, 7) is 0.0536. The molecule has 2 aromatic rings. The van der Waals surface area contributed by atoms with E-state index >= 15 is 0 Å². The average Bonchev–Trinajstić information content (AvgIpc) is 2.76. The van der Waals surface area contributed by atoms with Crippen molar-refractivity contribution in [2.45, 2.75) is 31.7 Å². The second kappa shape index (κ2) is 9.15. The Labute approximate surface area is 178 Å². The minimum atomic E-state index is -1.91. The zero-order valence-corrected chi connectivity index (χ0v) is 16.9. The Morgan fingerprint density at radius 1 is 1.16 bits per heavy atom. The lowest BCUT2D eigenvalue weighted by Gasteiger charge is -2.38. The highest BCUT2D eigenvalue weighted by Gasteiger charge is 2.44. The van der Waals surface area contributed by atoms with Gasteiger partial charge in [0.25, 0.3) is 5.91 Å². The van der Waals surface area contributed by atoms with Crippen molar-refractivity contribution in [3.8, 4) is 0 Å². The molecule has 1 fully saturated rings. The topological polar surface area (TPSA) is 116 Å². The lowest BCUT2D eigenvalue weighted by molar-refractivity contribution is -0.171. The van der Waals surface area contributed by atoms with E-state index in [1.54, 1.807) is 24.3 Å². The summed E-state index contributed by atoms with van der Waals surface area (Å²) < 4.78 is 14.4. The fourth-order valence-corrected chi connectivity index (χ4v) is 3.50. The number of carbonyl (C=O) groups is 4. The molecule has 2 amide bonds. The first-order valence-corrected chi connectivity index (χ1v) is 9.61. The SMILES string of the molecule is CN(Cc1c(C=O)cccc1NCc1cccc(C=O)c1F)C1(O)CCC(=O)NC1=O. The lowest BCUT2D eigenvalue weighted by Crippen LogP contribution is -2.61. The molecule has 1 saturated heterocycles. The molecule has 0 saturated carbocycles. The molecular formula is C22H22FN3O5. The van der Waals surface area contributed by atoms with Crippen LogP contribution in [0.15, 0.2) is 36.4 Å². The second-order valence-corrected chi connectivity index (χ2v) is 7.33. The Morgan fingerprint density at radius 2 is 1.84 bits per heavy atom. The molecule has 1 atom stereocenters. The molecule has 9 heteroatoms. The molecule has 8 nitrogen and oxygen atoms in total. The lowest BCUT2D eigenvalue weighted by atomic mass is 9.98. The maximum atomic E-state index is 14.4. The van der Waals surface area contributed by atoms with Gasteiger partial charge in [0.2, 0.25) is 5.91 Å². The van der Waals surface area contributed by atoms with Gasteiger partial charge in [0.05, 0.1) is 5.56 Å². The van der Waals surface area contributed by atoms with E-state index in [2.05, 4.69) is 10.6 Å². The summed E-state index contributed by atoms with van der Waals surface area (Å²) in [4.78, 5) is 47.6. The van der Waals surface area contributed by atoms with Crippen LogP contribution in [0, 0.1) is 5.82 Å². The van der Waals surface area contributed by atoms with Crippen LogP contribution in [0.5, 0.6) is 0 Å². The highest BCUT2D eigenvalue weighted by molar-refractivity contribution is 6.01. The third-order valence-electron chi connectivity index (χ3n) is 5.39. The first-order valence-electron chi connectivity index (χ1n) is 9.61. The van der Waals surface area contributed by atoms with Gasteiger partial charge in [-0.25, -0.2) is 4.39 Å². The number of carbonyl (C=O) groups excluding carboxylic acids is 4. The van der Waals surface area contributed by atoms with Gasteiger partial charge in [0.15, 0.2) is 12.0 Å². The van der Waals surface area contributed by atoms with E-state index in [4.69, 9.17) is 0 Å². The Hall–Kier alpha value is -3.43. The zero-order valence-electron chi connectivity index (χ0n) is 16.9. The number of likely N-dealkylation sites (N-methyl/N-ethyl adjacent to an activating group) is 1. The monoisotopic (exact) mass is 427 g/mol. The quantitative estimate of drug-likeness (QED) is 0.333. The number of hydrogen-bond donors (Lipinski definition) is 3. The molecule has 1 heterocycles. The Bertz CT molecular complexity index is 1040. The van der Waals surface area contributed by atoms with Crippen molar-refractivity contribution in [1.82, 2.24) is 10.2 Å². The molecule has 2 aromatic carbocycles. The molecule has 0 aliphatic carbocycles. The Morgan fingerprint density at radius 3 is 2.52 bits per heavy atom. The van der Waals surface area contributed by atoms with Crippen molar-refractivity contribution in [2.75, 3.05) is 12.4 Å². The third kappa shape index (κ3) is 4.52. The number of halogens is 1. The van der Waals surface area contributed by atoms with E-state index < -0.39 is 23.4 Å². The number of rotatable bonds is 8. The van der Waals surface area contributed by atoms with Crippen molar-refractivity contribution in [3.63, 3.8) is 0 Å². The number of aliphatic hydroxyl groups is 1. The summed E-state index contributed by atoms with van der Waals surface area (Å²) in [6, 6.07) is 9.40. The van der Waals surface area contributed by atoms with Crippen LogP contribution in [-0.4, -0.2) is 47.2 Å². The van der Waals surface area contributed by atoms with Crippen molar-refractivity contribution in [1.29, 1.82) is 0 Å². The van der Waals surface area contributed by atoms with Gasteiger partial charge in [-0.2, -0.15) is 0 Å². The molecule has 0 aromatic heterocycles. The van der Waals surface area contributed by atoms with E-state index in [0.29, 0.717) is 29.4 Å². The van der Waals surface area contributed by atoms with Crippen LogP contribution in [0.25, 0.3) is 0 Å². The molecule has 0 spiro atoms. The normalized spacial score (nSPS) is 18.6. The Balaban J connectivity index is 1.86. The van der Waals surface area contributed by atoms with Crippen LogP contribution in [0.2, 0.25) is 0 Å². The van der Waals surface area contributed by atoms with Gasteiger partial charge in [-0.3, -0.25) is 29.4 Å². The Kier molecular flexibility index (Phi) is 6.57. The first kappa shape index (κ1) is 22.3. The predicted molar refractivity (Wildman–Crippen MR) is 110 cm³/mol. The maximum Gasteiger partial charge on any atom is 0.274 e. The molecule has 0 bridgehead atoms. The highest BCUT2D eigenvalue weighted by atomic mass is 19.1. The van der Waals surface area contributed by atoms with Gasteiger partial charge in [0, 0.05) is 42.7 Å². The number of piperidine rings is 1. The van der Waals surface area contributed by atoms with E-state index in [1.807, 2.05) is 0 Å². The van der Waals surface area contributed by atoms with Gasteiger partial charge in [-0.05, 0) is 24.7 Å². The number of imide groups is 1. The summed E-state index contributed by atoms with van der Waals surface area (Å²) in [5, 5.41) is 16.0. The van der Waals surface area contributed by atoms with Crippen molar-refractivity contribution in [2.24, 2.45) is 0 Å². The molecule has 31 heavy (non-hydrogen) atoms. The fraction of sp³-hybridized carbons (Fsp3) is 0.273. The van der Waals surface area contributed by atoms with E-state index in [0.717, 1.165) is 0 Å². The molecule has 3 N–H and O–H groups in total. The van der Waals surface area contributed by atoms with Crippen LogP contribution in [0.4, 0.5) is 10.1 Å². The largest absolute Gasteiger partial charge is 0.381 e. The van der Waals surface area contributed by atoms with E-state index in [9.17, 15) is 28.7 Å². The summed E-state index contributed by atoms with van der Waals surface area (Å²) in [5.41, 5.74) is -0.376. The predicted octanol–water partition coefficient (Wildman–Crippen LogP) is 1.62. The standard InChI is InChI=1S/C22H22FN3O5/c1-26(22(31)9-8-19(29)25-21(22)30)11-17-15(12-27)5-3-7-18(17)24-10-14-4-2-6-16(13-28)20(14)23/h2-7,12-13,24,31H,8-11H2,1H3,(H,25,29,30). The van der Waals surface area contributed by atoms with Gasteiger partial charge < -0.3 is 10.4 Å². The number of hydrogen-bond acceptors (Lipinski definition) is 7. The fourth-order valence-electron chi connectivity index (χ4n) is 3.50. The summed E-state index contributed by atoms with van der Waals surface area (Å²) in [5.74, 6) is -1.91. The molecule has 0 radical (unpaired) electrons. The van der Waals surface area contributed by atoms with Crippen molar-refractivity contribution >= 4 is 30.1 Å². The summed E-state index contributed by atoms with van der Waals surface area (Å²) >= 11 is 0. The van der Waals surface area contributed by atoms with Gasteiger partial charge >= 0.3 is 0 Å². The number of nitrogens with zero attached hydrogens (tertiary/aromatic N) is 1. The van der Waals surface area contributed by atoms with Crippen LogP contribution in [0.3, 0.4) is 0 Å². The van der Waals surface area contributed by atoms with Crippen LogP contribution < -0.4 is 10.6 Å². The van der Waals surface area contributed by atoms with E-state index in [1.165, 1.54) is 24.1 Å². The highest BCUT2D eigenvalue weighted by Crippen LogP contribution is 2.28. The van der Waals surface area contributed by atoms with Crippen molar-refractivity contribution in [3.05, 3.63) is 64.5 Å². The van der Waals surface area contributed by atoms with Gasteiger partial charge in [-0.15, -0.1) is 0 Å². The van der Waals surface area contributed by atoms with E-state index in [-0.39, 0.29) is 37.1 Å². The minimum Gasteiger partial charge on any atom is -0.381 e. The molecule has 3 rings (SSSR count). The molecular weight excluding hydrogens is 405 g/mol. The molecule has 162 valence electrons. The number of anilines is 1. The maximum absolute atomic E-state index is 14.4. The number of amides is 2. The third-order valence-corrected chi connectivity index (χ3v) is 5.39.